The third-order valence-corrected chi connectivity index (χ3v) is 12.7. The molecular formula is C59H39NO. The Morgan fingerprint density at radius 3 is 1.61 bits per heavy atom. The monoisotopic (exact) mass is 777 g/mol. The van der Waals surface area contributed by atoms with E-state index in [1.165, 1.54) is 60.8 Å². The maximum absolute atomic E-state index is 6.58. The Morgan fingerprint density at radius 2 is 0.902 bits per heavy atom. The number of nitrogens with zero attached hydrogens (tertiary/aromatic N) is 1. The molecule has 0 unspecified atom stereocenters. The molecule has 0 N–H and O–H groups in total. The summed E-state index contributed by atoms with van der Waals surface area (Å²) in [6.07, 6.45) is 0. The molecule has 1 aliphatic rings. The third-order valence-electron chi connectivity index (χ3n) is 12.7. The Balaban J connectivity index is 1.06. The van der Waals surface area contributed by atoms with Crippen LogP contribution in [-0.2, 0) is 5.41 Å². The van der Waals surface area contributed by atoms with Gasteiger partial charge in [0.2, 0.25) is 0 Å². The van der Waals surface area contributed by atoms with Crippen LogP contribution < -0.4 is 4.90 Å². The molecule has 0 saturated carbocycles. The SMILES string of the molecule is c1ccc(-c2cc3c(c4ccccc24)-c2ccc(-c4ccc(N(c5ccccc5)c5cccc6c5oc5ccccc56)cc4)cc2C3(c2ccccc2)c2ccccc2)cc1. The molecule has 1 aliphatic carbocycles. The molecule has 1 aromatic heterocycles. The lowest BCUT2D eigenvalue weighted by atomic mass is 9.67. The van der Waals surface area contributed by atoms with E-state index in [-0.39, 0.29) is 0 Å². The summed E-state index contributed by atoms with van der Waals surface area (Å²) >= 11 is 0. The molecule has 12 rings (SSSR count). The highest BCUT2D eigenvalue weighted by atomic mass is 16.3. The van der Waals surface area contributed by atoms with Crippen LogP contribution >= 0.6 is 0 Å². The van der Waals surface area contributed by atoms with Gasteiger partial charge >= 0.3 is 0 Å². The topological polar surface area (TPSA) is 16.4 Å². The van der Waals surface area contributed by atoms with Crippen LogP contribution in [0.2, 0.25) is 0 Å². The first kappa shape index (κ1) is 35.0. The van der Waals surface area contributed by atoms with Crippen molar-refractivity contribution in [1.82, 2.24) is 0 Å². The average molecular weight is 778 g/mol. The van der Waals surface area contributed by atoms with Gasteiger partial charge in [-0.15, -0.1) is 0 Å². The van der Waals surface area contributed by atoms with E-state index in [9.17, 15) is 0 Å². The third kappa shape index (κ3) is 5.43. The molecule has 10 aromatic carbocycles. The molecule has 0 atom stereocenters. The highest BCUT2D eigenvalue weighted by molar-refractivity contribution is 6.11. The van der Waals surface area contributed by atoms with Crippen molar-refractivity contribution in [2.45, 2.75) is 5.41 Å². The molecule has 286 valence electrons. The Morgan fingerprint density at radius 1 is 0.344 bits per heavy atom. The fraction of sp³-hybridized carbons (Fsp3) is 0.0169. The molecule has 11 aromatic rings. The van der Waals surface area contributed by atoms with Crippen LogP contribution in [0.1, 0.15) is 22.3 Å². The minimum absolute atomic E-state index is 0.563. The Labute approximate surface area is 355 Å². The lowest BCUT2D eigenvalue weighted by Gasteiger charge is -2.34. The van der Waals surface area contributed by atoms with E-state index in [4.69, 9.17) is 4.42 Å². The van der Waals surface area contributed by atoms with Crippen molar-refractivity contribution in [3.63, 3.8) is 0 Å². The number of para-hydroxylation sites is 3. The van der Waals surface area contributed by atoms with Crippen molar-refractivity contribution >= 4 is 49.8 Å². The van der Waals surface area contributed by atoms with E-state index < -0.39 is 5.41 Å². The smallest absolute Gasteiger partial charge is 0.159 e. The quantitative estimate of drug-likeness (QED) is 0.160. The highest BCUT2D eigenvalue weighted by Crippen LogP contribution is 2.59. The molecule has 0 spiro atoms. The van der Waals surface area contributed by atoms with E-state index in [1.807, 2.05) is 12.1 Å². The molecule has 0 aliphatic heterocycles. The maximum Gasteiger partial charge on any atom is 0.159 e. The van der Waals surface area contributed by atoms with Gasteiger partial charge < -0.3 is 9.32 Å². The van der Waals surface area contributed by atoms with Gasteiger partial charge in [0.1, 0.15) is 5.58 Å². The maximum atomic E-state index is 6.58. The summed E-state index contributed by atoms with van der Waals surface area (Å²) in [5.41, 5.74) is 16.8. The van der Waals surface area contributed by atoms with E-state index in [0.29, 0.717) is 0 Å². The molecule has 61 heavy (non-hydrogen) atoms. The number of rotatable bonds is 7. The Hall–Kier alpha value is -7.94. The number of hydrogen-bond acceptors (Lipinski definition) is 2. The molecule has 0 radical (unpaired) electrons. The standard InChI is InChI=1S/C59H39NO/c1-5-18-41(19-6-1)52-39-54-57(49-28-14-13-26-47(49)52)51-37-34-42(38-53(51)59(54,43-20-7-2-8-21-43)44-22-9-3-10-23-44)40-32-35-46(36-33-40)60(45-24-11-4-12-25-45)55-30-17-29-50-48-27-15-16-31-56(48)61-58(50)55/h1-39H. The first-order valence-electron chi connectivity index (χ1n) is 21.0. The molecule has 2 heteroatoms. The second-order valence-corrected chi connectivity index (χ2v) is 16.0. The molecule has 0 saturated heterocycles. The summed E-state index contributed by atoms with van der Waals surface area (Å²) in [5.74, 6) is 0. The van der Waals surface area contributed by atoms with Crippen molar-refractivity contribution < 1.29 is 4.42 Å². The number of fused-ring (bicyclic) bond motifs is 8. The first-order chi connectivity index (χ1) is 30.3. The molecule has 0 fully saturated rings. The van der Waals surface area contributed by atoms with Crippen LogP contribution in [0.15, 0.2) is 241 Å². The van der Waals surface area contributed by atoms with Crippen molar-refractivity contribution in [3.05, 3.63) is 259 Å². The van der Waals surface area contributed by atoms with Gasteiger partial charge in [0.15, 0.2) is 5.58 Å². The number of anilines is 3. The number of hydrogen-bond donors (Lipinski definition) is 0. The van der Waals surface area contributed by atoms with E-state index in [0.717, 1.165) is 44.6 Å². The minimum atomic E-state index is -0.563. The molecule has 1 heterocycles. The van der Waals surface area contributed by atoms with Crippen LogP contribution in [-0.4, -0.2) is 0 Å². The summed E-state index contributed by atoms with van der Waals surface area (Å²) in [4.78, 5) is 2.30. The summed E-state index contributed by atoms with van der Waals surface area (Å²) in [6.45, 7) is 0. The number of benzene rings is 10. The van der Waals surface area contributed by atoms with E-state index in [1.54, 1.807) is 0 Å². The first-order valence-corrected chi connectivity index (χ1v) is 21.0. The van der Waals surface area contributed by atoms with Crippen molar-refractivity contribution in [3.8, 4) is 33.4 Å². The summed E-state index contributed by atoms with van der Waals surface area (Å²) < 4.78 is 6.58. The normalized spacial score (nSPS) is 12.7. The largest absolute Gasteiger partial charge is 0.454 e. The van der Waals surface area contributed by atoms with Gasteiger partial charge in [-0.3, -0.25) is 0 Å². The Bertz CT molecular complexity index is 3350. The van der Waals surface area contributed by atoms with Crippen LogP contribution in [0, 0.1) is 0 Å². The minimum Gasteiger partial charge on any atom is -0.454 e. The van der Waals surface area contributed by atoms with Gasteiger partial charge in [-0.25, -0.2) is 0 Å². The van der Waals surface area contributed by atoms with Gasteiger partial charge in [-0.1, -0.05) is 188 Å². The summed E-state index contributed by atoms with van der Waals surface area (Å²) in [5, 5.41) is 4.75. The fourth-order valence-corrected chi connectivity index (χ4v) is 10.1. The van der Waals surface area contributed by atoms with Gasteiger partial charge in [0, 0.05) is 22.1 Å². The zero-order valence-corrected chi connectivity index (χ0v) is 33.4. The Kier molecular flexibility index (Phi) is 8.11. The van der Waals surface area contributed by atoms with Crippen LogP contribution in [0.5, 0.6) is 0 Å². The lowest BCUT2D eigenvalue weighted by molar-refractivity contribution is 0.669. The van der Waals surface area contributed by atoms with E-state index in [2.05, 4.69) is 229 Å². The summed E-state index contributed by atoms with van der Waals surface area (Å²) in [7, 11) is 0. The molecular weight excluding hydrogens is 739 g/mol. The van der Waals surface area contributed by atoms with Crippen molar-refractivity contribution in [2.75, 3.05) is 4.90 Å². The highest BCUT2D eigenvalue weighted by Gasteiger charge is 2.47. The second-order valence-electron chi connectivity index (χ2n) is 16.0. The van der Waals surface area contributed by atoms with Crippen LogP contribution in [0.3, 0.4) is 0 Å². The molecule has 0 amide bonds. The van der Waals surface area contributed by atoms with Gasteiger partial charge in [0.25, 0.3) is 0 Å². The van der Waals surface area contributed by atoms with Crippen molar-refractivity contribution in [2.24, 2.45) is 0 Å². The van der Waals surface area contributed by atoms with Crippen LogP contribution in [0.4, 0.5) is 17.1 Å². The summed E-state index contributed by atoms with van der Waals surface area (Å²) in [6, 6.07) is 86.0. The predicted molar refractivity (Wildman–Crippen MR) is 254 cm³/mol. The average Bonchev–Trinajstić information content (AvgIpc) is 3.87. The van der Waals surface area contributed by atoms with Crippen LogP contribution in [0.25, 0.3) is 66.1 Å². The van der Waals surface area contributed by atoms with E-state index >= 15 is 0 Å². The van der Waals surface area contributed by atoms with Crippen molar-refractivity contribution in [1.29, 1.82) is 0 Å². The lowest BCUT2D eigenvalue weighted by Crippen LogP contribution is -2.28. The molecule has 0 bridgehead atoms. The molecule has 2 nitrogen and oxygen atoms in total. The number of furan rings is 1. The zero-order chi connectivity index (χ0) is 40.3. The van der Waals surface area contributed by atoms with Gasteiger partial charge in [0.05, 0.1) is 11.1 Å². The second kappa shape index (κ2) is 14.1. The zero-order valence-electron chi connectivity index (χ0n) is 33.4. The predicted octanol–water partition coefficient (Wildman–Crippen LogP) is 15.9. The fourth-order valence-electron chi connectivity index (χ4n) is 10.1. The van der Waals surface area contributed by atoms with Gasteiger partial charge in [-0.05, 0) is 115 Å². The van der Waals surface area contributed by atoms with Gasteiger partial charge in [-0.2, -0.15) is 0 Å².